The molecule has 16 heavy (non-hydrogen) atoms. The molecule has 0 spiro atoms. The molecule has 0 aliphatic rings. The molecule has 0 saturated heterocycles. The van der Waals surface area contributed by atoms with E-state index in [0.29, 0.717) is 6.07 Å². The molecule has 1 rings (SSSR count). The summed E-state index contributed by atoms with van der Waals surface area (Å²) in [6.45, 7) is 2.95. The van der Waals surface area contributed by atoms with Gasteiger partial charge in [-0.25, -0.2) is 13.2 Å². The van der Waals surface area contributed by atoms with Crippen LogP contribution in [0.15, 0.2) is 12.1 Å². The number of alkyl halides is 2. The zero-order valence-electron chi connectivity index (χ0n) is 8.89. The van der Waals surface area contributed by atoms with Crippen LogP contribution in [0.5, 0.6) is 5.75 Å². The molecule has 88 valence electrons. The van der Waals surface area contributed by atoms with E-state index in [-0.39, 0.29) is 17.9 Å². The second-order valence-corrected chi connectivity index (χ2v) is 3.17. The Morgan fingerprint density at radius 2 is 2.06 bits per heavy atom. The van der Waals surface area contributed by atoms with Crippen molar-refractivity contribution in [2.45, 2.75) is 20.3 Å². The second-order valence-electron chi connectivity index (χ2n) is 3.17. The van der Waals surface area contributed by atoms with Gasteiger partial charge in [0.05, 0.1) is 12.2 Å². The van der Waals surface area contributed by atoms with E-state index in [0.717, 1.165) is 13.0 Å². The van der Waals surface area contributed by atoms with E-state index in [2.05, 4.69) is 0 Å². The minimum atomic E-state index is -2.80. The Balaban J connectivity index is 3.33. The first kappa shape index (κ1) is 12.5. The highest BCUT2D eigenvalue weighted by atomic mass is 19.3. The van der Waals surface area contributed by atoms with Crippen LogP contribution in [0.1, 0.15) is 36.2 Å². The molecular formula is C11H11F3O2. The van der Waals surface area contributed by atoms with Crippen LogP contribution in [0.25, 0.3) is 0 Å². The van der Waals surface area contributed by atoms with Gasteiger partial charge in [0.15, 0.2) is 5.78 Å². The van der Waals surface area contributed by atoms with E-state index in [1.165, 1.54) is 0 Å². The molecule has 0 unspecified atom stereocenters. The average Bonchev–Trinajstić information content (AvgIpc) is 2.16. The van der Waals surface area contributed by atoms with Crippen molar-refractivity contribution in [3.8, 4) is 5.75 Å². The molecular weight excluding hydrogens is 221 g/mol. The Morgan fingerprint density at radius 3 is 2.50 bits per heavy atom. The minimum absolute atomic E-state index is 0.134. The SMILES string of the molecule is CCOc1cc(C(F)F)cc(F)c1C(C)=O. The molecule has 1 aromatic carbocycles. The molecule has 5 heteroatoms. The summed E-state index contributed by atoms with van der Waals surface area (Å²) in [5.74, 6) is -1.67. The quantitative estimate of drug-likeness (QED) is 0.744. The van der Waals surface area contributed by atoms with Crippen LogP contribution in [0.3, 0.4) is 0 Å². The molecule has 0 heterocycles. The maximum atomic E-state index is 13.4. The predicted octanol–water partition coefficient (Wildman–Crippen LogP) is 3.36. The molecule has 1 aromatic rings. The van der Waals surface area contributed by atoms with E-state index in [4.69, 9.17) is 4.74 Å². The fourth-order valence-electron chi connectivity index (χ4n) is 1.34. The molecule has 0 fully saturated rings. The number of halogens is 3. The highest BCUT2D eigenvalue weighted by Gasteiger charge is 2.19. The highest BCUT2D eigenvalue weighted by molar-refractivity contribution is 5.97. The number of Topliss-reactive ketones (excluding diaryl/α,β-unsaturated/α-hetero) is 1. The lowest BCUT2D eigenvalue weighted by Gasteiger charge is -2.11. The van der Waals surface area contributed by atoms with Gasteiger partial charge >= 0.3 is 0 Å². The molecule has 0 bridgehead atoms. The van der Waals surface area contributed by atoms with Gasteiger partial charge in [-0.1, -0.05) is 0 Å². The number of hydrogen-bond acceptors (Lipinski definition) is 2. The fraction of sp³-hybridized carbons (Fsp3) is 0.364. The summed E-state index contributed by atoms with van der Waals surface area (Å²) in [5.41, 5.74) is -0.780. The zero-order chi connectivity index (χ0) is 12.3. The number of benzene rings is 1. The molecule has 0 aromatic heterocycles. The summed E-state index contributed by atoms with van der Waals surface area (Å²) < 4.78 is 43.2. The molecule has 0 radical (unpaired) electrons. The molecule has 0 amide bonds. The standard InChI is InChI=1S/C11H11F3O2/c1-3-16-9-5-7(11(13)14)4-8(12)10(9)6(2)15/h4-5,11H,3H2,1-2H3. The van der Waals surface area contributed by atoms with Crippen molar-refractivity contribution in [1.29, 1.82) is 0 Å². The fourth-order valence-corrected chi connectivity index (χ4v) is 1.34. The van der Waals surface area contributed by atoms with Gasteiger partial charge in [0.2, 0.25) is 0 Å². The van der Waals surface area contributed by atoms with Crippen LogP contribution in [0, 0.1) is 5.82 Å². The first-order chi connectivity index (χ1) is 7.47. The Labute approximate surface area is 91.0 Å². The van der Waals surface area contributed by atoms with Crippen LogP contribution >= 0.6 is 0 Å². The predicted molar refractivity (Wildman–Crippen MR) is 52.5 cm³/mol. The summed E-state index contributed by atoms with van der Waals surface area (Å²) >= 11 is 0. The minimum Gasteiger partial charge on any atom is -0.493 e. The lowest BCUT2D eigenvalue weighted by Crippen LogP contribution is -2.05. The number of carbonyl (C=O) groups is 1. The van der Waals surface area contributed by atoms with Gasteiger partial charge in [-0.2, -0.15) is 0 Å². The van der Waals surface area contributed by atoms with Gasteiger partial charge in [-0.15, -0.1) is 0 Å². The van der Waals surface area contributed by atoms with E-state index < -0.39 is 23.6 Å². The van der Waals surface area contributed by atoms with Crippen molar-refractivity contribution in [2.24, 2.45) is 0 Å². The second kappa shape index (κ2) is 5.01. The van der Waals surface area contributed by atoms with E-state index >= 15 is 0 Å². The molecule has 0 aliphatic carbocycles. The van der Waals surface area contributed by atoms with Crippen molar-refractivity contribution >= 4 is 5.78 Å². The molecule has 0 aliphatic heterocycles. The van der Waals surface area contributed by atoms with Crippen molar-refractivity contribution in [1.82, 2.24) is 0 Å². The number of rotatable bonds is 4. The maximum Gasteiger partial charge on any atom is 0.264 e. The van der Waals surface area contributed by atoms with Gasteiger partial charge in [-0.05, 0) is 26.0 Å². The Bertz CT molecular complexity index is 402. The lowest BCUT2D eigenvalue weighted by molar-refractivity contribution is 0.100. The van der Waals surface area contributed by atoms with Gasteiger partial charge < -0.3 is 4.74 Å². The van der Waals surface area contributed by atoms with Gasteiger partial charge in [-0.3, -0.25) is 4.79 Å². The van der Waals surface area contributed by atoms with Crippen molar-refractivity contribution in [3.63, 3.8) is 0 Å². The normalized spacial score (nSPS) is 10.6. The van der Waals surface area contributed by atoms with Crippen LogP contribution in [0.4, 0.5) is 13.2 Å². The van der Waals surface area contributed by atoms with Crippen molar-refractivity contribution in [3.05, 3.63) is 29.1 Å². The summed E-state index contributed by atoms with van der Waals surface area (Å²) in [6, 6.07) is 1.65. The van der Waals surface area contributed by atoms with Crippen molar-refractivity contribution in [2.75, 3.05) is 6.61 Å². The monoisotopic (exact) mass is 232 g/mol. The Kier molecular flexibility index (Phi) is 3.93. The molecule has 0 saturated carbocycles. The number of carbonyl (C=O) groups excluding carboxylic acids is 1. The largest absolute Gasteiger partial charge is 0.493 e. The van der Waals surface area contributed by atoms with Gasteiger partial charge in [0, 0.05) is 5.56 Å². The molecule has 2 nitrogen and oxygen atoms in total. The smallest absolute Gasteiger partial charge is 0.264 e. The Hall–Kier alpha value is -1.52. The first-order valence-electron chi connectivity index (χ1n) is 4.72. The maximum absolute atomic E-state index is 13.4. The van der Waals surface area contributed by atoms with E-state index in [1.54, 1.807) is 6.92 Å². The van der Waals surface area contributed by atoms with Crippen LogP contribution in [-0.2, 0) is 0 Å². The average molecular weight is 232 g/mol. The third-order valence-electron chi connectivity index (χ3n) is 1.98. The van der Waals surface area contributed by atoms with E-state index in [1.807, 2.05) is 0 Å². The summed E-state index contributed by atoms with van der Waals surface area (Å²) in [4.78, 5) is 11.1. The van der Waals surface area contributed by atoms with Crippen LogP contribution < -0.4 is 4.74 Å². The van der Waals surface area contributed by atoms with Gasteiger partial charge in [0.25, 0.3) is 6.43 Å². The third kappa shape index (κ3) is 2.53. The first-order valence-corrected chi connectivity index (χ1v) is 4.72. The van der Waals surface area contributed by atoms with Crippen molar-refractivity contribution < 1.29 is 22.7 Å². The summed E-state index contributed by atoms with van der Waals surface area (Å²) in [5, 5.41) is 0. The van der Waals surface area contributed by atoms with Crippen LogP contribution in [0.2, 0.25) is 0 Å². The van der Waals surface area contributed by atoms with Gasteiger partial charge in [0.1, 0.15) is 11.6 Å². The Morgan fingerprint density at radius 1 is 1.44 bits per heavy atom. The molecule has 0 N–H and O–H groups in total. The number of ether oxygens (including phenoxy) is 1. The summed E-state index contributed by atoms with van der Waals surface area (Å²) in [7, 11) is 0. The molecule has 0 atom stereocenters. The lowest BCUT2D eigenvalue weighted by atomic mass is 10.1. The van der Waals surface area contributed by atoms with E-state index in [9.17, 15) is 18.0 Å². The summed E-state index contributed by atoms with van der Waals surface area (Å²) in [6.07, 6.45) is -2.80. The highest BCUT2D eigenvalue weighted by Crippen LogP contribution is 2.29. The third-order valence-corrected chi connectivity index (χ3v) is 1.98. The topological polar surface area (TPSA) is 26.3 Å². The number of ketones is 1. The van der Waals surface area contributed by atoms with Crippen LogP contribution in [-0.4, -0.2) is 12.4 Å². The zero-order valence-corrected chi connectivity index (χ0v) is 8.89. The number of hydrogen-bond donors (Lipinski definition) is 0.